The van der Waals surface area contributed by atoms with Gasteiger partial charge in [-0.15, -0.1) is 9.90 Å². The van der Waals surface area contributed by atoms with Crippen molar-refractivity contribution >= 4 is 23.6 Å². The predicted molar refractivity (Wildman–Crippen MR) is 128 cm³/mol. The van der Waals surface area contributed by atoms with Crippen LogP contribution in [0.4, 0.5) is 10.5 Å². The number of aromatic nitrogens is 3. The van der Waals surface area contributed by atoms with Crippen LogP contribution in [0, 0.1) is 0 Å². The molecule has 1 aromatic heterocycles. The SMILES string of the molecule is COc1ccc(CC(=O)OCn2nc(C(=O)c3cc(OC)c(OC)cc3N)c(C(C)OC(=O)O)n2)cc1. The molecule has 1 heterocycles. The van der Waals surface area contributed by atoms with Crippen molar-refractivity contribution in [2.45, 2.75) is 26.2 Å². The number of nitrogen functional groups attached to an aromatic ring is 1. The smallest absolute Gasteiger partial charge is 0.497 e. The molecule has 0 saturated heterocycles. The number of nitrogens with zero attached hydrogens (tertiary/aromatic N) is 3. The molecule has 0 fully saturated rings. The molecule has 0 aliphatic carbocycles. The fraction of sp³-hybridized carbons (Fsp3) is 0.292. The second-order valence-corrected chi connectivity index (χ2v) is 7.63. The van der Waals surface area contributed by atoms with E-state index in [-0.39, 0.29) is 34.8 Å². The molecule has 2 aromatic carbocycles. The Morgan fingerprint density at radius 2 is 1.65 bits per heavy atom. The van der Waals surface area contributed by atoms with Crippen LogP contribution in [0.1, 0.15) is 40.3 Å². The lowest BCUT2D eigenvalue weighted by Crippen LogP contribution is -2.14. The standard InChI is InChI=1S/C24H26N4O9/c1-13(37-24(31)32)21-22(23(30)16-10-18(34-3)19(35-4)11-17(16)25)27-28(26-21)12-36-20(29)9-14-5-7-15(33-2)8-6-14/h5-8,10-11,13H,9,12,25H2,1-4H3,(H,31,32). The molecule has 1 atom stereocenters. The van der Waals surface area contributed by atoms with Crippen molar-refractivity contribution in [2.24, 2.45) is 0 Å². The van der Waals surface area contributed by atoms with Crippen LogP contribution in [0.3, 0.4) is 0 Å². The summed E-state index contributed by atoms with van der Waals surface area (Å²) in [5.41, 5.74) is 6.51. The minimum absolute atomic E-state index is 0.0185. The number of ketones is 1. The zero-order valence-corrected chi connectivity index (χ0v) is 20.6. The molecule has 0 amide bonds. The summed E-state index contributed by atoms with van der Waals surface area (Å²) in [5, 5.41) is 17.3. The Bertz CT molecular complexity index is 1290. The molecule has 0 radical (unpaired) electrons. The maximum Gasteiger partial charge on any atom is 0.506 e. The highest BCUT2D eigenvalue weighted by molar-refractivity contribution is 6.12. The number of carbonyl (C=O) groups is 3. The third-order valence-corrected chi connectivity index (χ3v) is 5.21. The zero-order chi connectivity index (χ0) is 27.1. The molecule has 0 bridgehead atoms. The van der Waals surface area contributed by atoms with Crippen LogP contribution in [0.2, 0.25) is 0 Å². The molecule has 13 heteroatoms. The van der Waals surface area contributed by atoms with Crippen molar-refractivity contribution in [2.75, 3.05) is 27.1 Å². The van der Waals surface area contributed by atoms with Crippen LogP contribution in [0.5, 0.6) is 17.2 Å². The maximum absolute atomic E-state index is 13.4. The number of nitrogens with two attached hydrogens (primary N) is 1. The molecule has 13 nitrogen and oxygen atoms in total. The highest BCUT2D eigenvalue weighted by atomic mass is 16.7. The first-order valence-corrected chi connectivity index (χ1v) is 10.9. The van der Waals surface area contributed by atoms with E-state index in [0.717, 1.165) is 4.80 Å². The summed E-state index contributed by atoms with van der Waals surface area (Å²) in [7, 11) is 4.35. The van der Waals surface area contributed by atoms with Crippen molar-refractivity contribution in [1.82, 2.24) is 15.0 Å². The average Bonchev–Trinajstić information content (AvgIpc) is 3.31. The molecule has 3 aromatic rings. The first-order valence-electron chi connectivity index (χ1n) is 10.9. The van der Waals surface area contributed by atoms with Crippen molar-refractivity contribution in [1.29, 1.82) is 0 Å². The summed E-state index contributed by atoms with van der Waals surface area (Å²) in [6.07, 6.45) is -2.76. The van der Waals surface area contributed by atoms with Crippen LogP contribution in [0.15, 0.2) is 36.4 Å². The molecule has 3 rings (SSSR count). The Hall–Kier alpha value is -4.81. The Kier molecular flexibility index (Phi) is 8.51. The minimum Gasteiger partial charge on any atom is -0.497 e. The maximum atomic E-state index is 13.4. The number of benzene rings is 2. The van der Waals surface area contributed by atoms with Gasteiger partial charge in [-0.2, -0.15) is 5.10 Å². The predicted octanol–water partition coefficient (Wildman–Crippen LogP) is 2.62. The summed E-state index contributed by atoms with van der Waals surface area (Å²) >= 11 is 0. The van der Waals surface area contributed by atoms with Gasteiger partial charge in [-0.05, 0) is 30.7 Å². The topological polar surface area (TPSA) is 174 Å². The monoisotopic (exact) mass is 514 g/mol. The van der Waals surface area contributed by atoms with E-state index in [4.69, 9.17) is 34.5 Å². The summed E-state index contributed by atoms with van der Waals surface area (Å²) in [5.74, 6) is -0.0422. The lowest BCUT2D eigenvalue weighted by atomic mass is 10.0. The zero-order valence-electron chi connectivity index (χ0n) is 20.6. The number of hydrogen-bond acceptors (Lipinski definition) is 11. The van der Waals surface area contributed by atoms with Gasteiger partial charge in [0.05, 0.1) is 33.3 Å². The molecule has 0 spiro atoms. The van der Waals surface area contributed by atoms with E-state index >= 15 is 0 Å². The summed E-state index contributed by atoms with van der Waals surface area (Å²) in [6, 6.07) is 9.65. The number of carbonyl (C=O) groups excluding carboxylic acids is 2. The summed E-state index contributed by atoms with van der Waals surface area (Å²) in [6.45, 7) is 0.948. The quantitative estimate of drug-likeness (QED) is 0.218. The van der Waals surface area contributed by atoms with Gasteiger partial charge in [0.1, 0.15) is 17.5 Å². The van der Waals surface area contributed by atoms with E-state index < -0.39 is 30.7 Å². The first kappa shape index (κ1) is 26.8. The van der Waals surface area contributed by atoms with Crippen molar-refractivity contribution in [3.8, 4) is 17.2 Å². The van der Waals surface area contributed by atoms with Gasteiger partial charge < -0.3 is 34.5 Å². The van der Waals surface area contributed by atoms with Crippen LogP contribution < -0.4 is 19.9 Å². The van der Waals surface area contributed by atoms with Crippen molar-refractivity contribution in [3.05, 3.63) is 58.9 Å². The van der Waals surface area contributed by atoms with Crippen molar-refractivity contribution in [3.63, 3.8) is 0 Å². The van der Waals surface area contributed by atoms with E-state index in [2.05, 4.69) is 10.2 Å². The second kappa shape index (κ2) is 11.7. The van der Waals surface area contributed by atoms with E-state index in [1.165, 1.54) is 40.4 Å². The van der Waals surface area contributed by atoms with Crippen molar-refractivity contribution < 1.29 is 43.2 Å². The number of ether oxygens (including phenoxy) is 5. The van der Waals surface area contributed by atoms with E-state index in [1.807, 2.05) is 0 Å². The average molecular weight is 514 g/mol. The molecule has 0 aliphatic rings. The lowest BCUT2D eigenvalue weighted by Gasteiger charge is -2.12. The van der Waals surface area contributed by atoms with Gasteiger partial charge in [-0.3, -0.25) is 9.59 Å². The number of methoxy groups -OCH3 is 3. The molecule has 37 heavy (non-hydrogen) atoms. The number of hydrogen-bond donors (Lipinski definition) is 2. The third-order valence-electron chi connectivity index (χ3n) is 5.21. The molecule has 3 N–H and O–H groups in total. The van der Waals surface area contributed by atoms with Crippen LogP contribution in [0.25, 0.3) is 0 Å². The molecule has 0 saturated carbocycles. The first-order chi connectivity index (χ1) is 17.7. The Labute approximate surface area is 211 Å². The highest BCUT2D eigenvalue weighted by Gasteiger charge is 2.28. The molecule has 196 valence electrons. The van der Waals surface area contributed by atoms with Gasteiger partial charge in [0, 0.05) is 11.8 Å². The Morgan fingerprint density at radius 1 is 1.00 bits per heavy atom. The van der Waals surface area contributed by atoms with Gasteiger partial charge in [-0.1, -0.05) is 12.1 Å². The number of esters is 1. The van der Waals surface area contributed by atoms with Gasteiger partial charge in [0.25, 0.3) is 0 Å². The van der Waals surface area contributed by atoms with Crippen LogP contribution >= 0.6 is 0 Å². The van der Waals surface area contributed by atoms with E-state index in [9.17, 15) is 14.4 Å². The van der Waals surface area contributed by atoms with Gasteiger partial charge in [0.15, 0.2) is 17.2 Å². The fourth-order valence-corrected chi connectivity index (χ4v) is 3.37. The highest BCUT2D eigenvalue weighted by Crippen LogP contribution is 2.33. The normalized spacial score (nSPS) is 11.4. The largest absolute Gasteiger partial charge is 0.506 e. The van der Waals surface area contributed by atoms with Gasteiger partial charge >= 0.3 is 12.1 Å². The second-order valence-electron chi connectivity index (χ2n) is 7.63. The molecule has 0 aliphatic heterocycles. The van der Waals surface area contributed by atoms with E-state index in [0.29, 0.717) is 17.1 Å². The van der Waals surface area contributed by atoms with E-state index in [1.54, 1.807) is 24.3 Å². The van der Waals surface area contributed by atoms with Gasteiger partial charge in [0.2, 0.25) is 12.5 Å². The summed E-state index contributed by atoms with van der Waals surface area (Å²) < 4.78 is 25.5. The number of carboxylic acid groups (broad SMARTS) is 1. The fourth-order valence-electron chi connectivity index (χ4n) is 3.37. The minimum atomic E-state index is -1.57. The Balaban J connectivity index is 1.85. The molecular formula is C24H26N4O9. The number of anilines is 1. The molecular weight excluding hydrogens is 488 g/mol. The van der Waals surface area contributed by atoms with Gasteiger partial charge in [-0.25, -0.2) is 4.79 Å². The third kappa shape index (κ3) is 6.45. The molecule has 1 unspecified atom stereocenters. The lowest BCUT2D eigenvalue weighted by molar-refractivity contribution is -0.147. The summed E-state index contributed by atoms with van der Waals surface area (Å²) in [4.78, 5) is 37.7. The Morgan fingerprint density at radius 3 is 2.24 bits per heavy atom. The van der Waals surface area contributed by atoms with Crippen LogP contribution in [-0.2, 0) is 27.4 Å². The van der Waals surface area contributed by atoms with Crippen LogP contribution in [-0.4, -0.2) is 59.3 Å². The number of rotatable bonds is 11.